The SMILES string of the molecule is CC1CC(C)CN(C(=O)C(C)Sc2nc3ccccc3c(=O)n2-c2ccccc2F)C1. The number of halogens is 1. The molecule has 0 bridgehead atoms. The number of nitrogens with zero attached hydrogens (tertiary/aromatic N) is 3. The highest BCUT2D eigenvalue weighted by molar-refractivity contribution is 8.00. The minimum absolute atomic E-state index is 0.0193. The molecule has 0 spiro atoms. The molecule has 5 nitrogen and oxygen atoms in total. The van der Waals surface area contributed by atoms with Gasteiger partial charge in [0.25, 0.3) is 5.56 Å². The van der Waals surface area contributed by atoms with Gasteiger partial charge in [-0.1, -0.05) is 49.9 Å². The van der Waals surface area contributed by atoms with E-state index in [1.54, 1.807) is 36.4 Å². The minimum atomic E-state index is -0.513. The summed E-state index contributed by atoms with van der Waals surface area (Å²) in [5.74, 6) is 0.424. The lowest BCUT2D eigenvalue weighted by Gasteiger charge is -2.36. The molecule has 1 aliphatic heterocycles. The molecule has 3 unspecified atom stereocenters. The van der Waals surface area contributed by atoms with Crippen LogP contribution >= 0.6 is 11.8 Å². The van der Waals surface area contributed by atoms with E-state index in [0.717, 1.165) is 19.5 Å². The topological polar surface area (TPSA) is 55.2 Å². The van der Waals surface area contributed by atoms with Crippen LogP contribution in [-0.4, -0.2) is 38.7 Å². The van der Waals surface area contributed by atoms with Gasteiger partial charge in [0, 0.05) is 13.1 Å². The molecule has 31 heavy (non-hydrogen) atoms. The Balaban J connectivity index is 1.74. The number of para-hydroxylation sites is 2. The molecule has 2 heterocycles. The monoisotopic (exact) mass is 439 g/mol. The van der Waals surface area contributed by atoms with Crippen molar-refractivity contribution in [2.75, 3.05) is 13.1 Å². The fourth-order valence-electron chi connectivity index (χ4n) is 4.35. The molecule has 1 saturated heterocycles. The molecular weight excluding hydrogens is 413 g/mol. The van der Waals surface area contributed by atoms with E-state index in [1.165, 1.54) is 22.4 Å². The molecule has 1 fully saturated rings. The molecule has 7 heteroatoms. The smallest absolute Gasteiger partial charge is 0.266 e. The van der Waals surface area contributed by atoms with Crippen molar-refractivity contribution in [1.82, 2.24) is 14.5 Å². The minimum Gasteiger partial charge on any atom is -0.341 e. The predicted molar refractivity (Wildman–Crippen MR) is 122 cm³/mol. The van der Waals surface area contributed by atoms with Crippen LogP contribution in [0.2, 0.25) is 0 Å². The van der Waals surface area contributed by atoms with Gasteiger partial charge in [-0.3, -0.25) is 14.2 Å². The van der Waals surface area contributed by atoms with Crippen LogP contribution in [0.25, 0.3) is 16.6 Å². The number of aromatic nitrogens is 2. The highest BCUT2D eigenvalue weighted by atomic mass is 32.2. The normalized spacial score (nSPS) is 20.1. The highest BCUT2D eigenvalue weighted by Gasteiger charge is 2.30. The molecule has 0 radical (unpaired) electrons. The maximum absolute atomic E-state index is 14.6. The summed E-state index contributed by atoms with van der Waals surface area (Å²) in [6.45, 7) is 7.62. The summed E-state index contributed by atoms with van der Waals surface area (Å²) in [5, 5.41) is 0.268. The number of hydrogen-bond acceptors (Lipinski definition) is 4. The molecule has 0 aliphatic carbocycles. The molecule has 1 aliphatic rings. The van der Waals surface area contributed by atoms with Gasteiger partial charge in [-0.25, -0.2) is 9.37 Å². The third kappa shape index (κ3) is 4.37. The molecule has 162 valence electrons. The summed E-state index contributed by atoms with van der Waals surface area (Å²) < 4.78 is 15.9. The first-order valence-corrected chi connectivity index (χ1v) is 11.4. The average molecular weight is 440 g/mol. The number of carbonyl (C=O) groups is 1. The maximum atomic E-state index is 14.6. The van der Waals surface area contributed by atoms with Gasteiger partial charge >= 0.3 is 0 Å². The number of amides is 1. The van der Waals surface area contributed by atoms with Gasteiger partial charge in [-0.05, 0) is 49.4 Å². The van der Waals surface area contributed by atoms with E-state index in [4.69, 9.17) is 0 Å². The molecule has 1 amide bonds. The molecule has 0 N–H and O–H groups in total. The van der Waals surface area contributed by atoms with E-state index in [9.17, 15) is 14.0 Å². The number of fused-ring (bicyclic) bond motifs is 1. The summed E-state index contributed by atoms with van der Waals surface area (Å²) in [4.78, 5) is 33.0. The number of likely N-dealkylation sites (tertiary alicyclic amines) is 1. The molecule has 1 aromatic heterocycles. The van der Waals surface area contributed by atoms with E-state index in [1.807, 2.05) is 17.9 Å². The summed E-state index contributed by atoms with van der Waals surface area (Å²) >= 11 is 1.20. The van der Waals surface area contributed by atoms with Crippen LogP contribution in [0.1, 0.15) is 27.2 Å². The Morgan fingerprint density at radius 3 is 2.45 bits per heavy atom. The number of piperidine rings is 1. The third-order valence-electron chi connectivity index (χ3n) is 5.65. The lowest BCUT2D eigenvalue weighted by atomic mass is 9.92. The summed E-state index contributed by atoms with van der Waals surface area (Å²) in [7, 11) is 0. The zero-order chi connectivity index (χ0) is 22.1. The first-order chi connectivity index (χ1) is 14.8. The Kier molecular flexibility index (Phi) is 6.14. The molecule has 3 atom stereocenters. The predicted octanol–water partition coefficient (Wildman–Crippen LogP) is 4.51. The first-order valence-electron chi connectivity index (χ1n) is 10.6. The van der Waals surface area contributed by atoms with Crippen LogP contribution in [-0.2, 0) is 4.79 Å². The van der Waals surface area contributed by atoms with Gasteiger partial charge < -0.3 is 4.90 Å². The summed E-state index contributed by atoms with van der Waals surface area (Å²) in [6.07, 6.45) is 1.12. The van der Waals surface area contributed by atoms with E-state index < -0.39 is 11.1 Å². The Bertz CT molecular complexity index is 1170. The van der Waals surface area contributed by atoms with Gasteiger partial charge in [0.1, 0.15) is 5.82 Å². The highest BCUT2D eigenvalue weighted by Crippen LogP contribution is 2.29. The second-order valence-corrected chi connectivity index (χ2v) is 9.76. The average Bonchev–Trinajstić information content (AvgIpc) is 2.73. The zero-order valence-corrected chi connectivity index (χ0v) is 18.7. The molecule has 2 aromatic carbocycles. The van der Waals surface area contributed by atoms with E-state index in [2.05, 4.69) is 18.8 Å². The molecule has 0 saturated carbocycles. The van der Waals surface area contributed by atoms with Crippen molar-refractivity contribution >= 4 is 28.6 Å². The van der Waals surface area contributed by atoms with Crippen molar-refractivity contribution in [2.45, 2.75) is 37.6 Å². The van der Waals surface area contributed by atoms with E-state index in [0.29, 0.717) is 27.9 Å². The summed E-state index contributed by atoms with van der Waals surface area (Å²) in [6, 6.07) is 13.1. The third-order valence-corrected chi connectivity index (χ3v) is 6.69. The van der Waals surface area contributed by atoms with Gasteiger partial charge in [0.2, 0.25) is 5.91 Å². The van der Waals surface area contributed by atoms with Crippen molar-refractivity contribution in [3.63, 3.8) is 0 Å². The van der Waals surface area contributed by atoms with Crippen LogP contribution in [0.5, 0.6) is 0 Å². The van der Waals surface area contributed by atoms with Crippen LogP contribution in [0.4, 0.5) is 4.39 Å². The van der Waals surface area contributed by atoms with Gasteiger partial charge in [0.15, 0.2) is 5.16 Å². The van der Waals surface area contributed by atoms with Crippen molar-refractivity contribution in [3.8, 4) is 5.69 Å². The number of benzene rings is 2. The van der Waals surface area contributed by atoms with Crippen molar-refractivity contribution in [2.24, 2.45) is 11.8 Å². The van der Waals surface area contributed by atoms with Crippen LogP contribution in [0, 0.1) is 17.7 Å². The number of thioether (sulfide) groups is 1. The Morgan fingerprint density at radius 2 is 1.74 bits per heavy atom. The quantitative estimate of drug-likeness (QED) is 0.443. The summed E-state index contributed by atoms with van der Waals surface area (Å²) in [5.41, 5.74) is 0.314. The van der Waals surface area contributed by atoms with Gasteiger partial charge in [-0.2, -0.15) is 0 Å². The number of hydrogen-bond donors (Lipinski definition) is 0. The molecule has 4 rings (SSSR count). The molecular formula is C24H26FN3O2S. The molecule has 3 aromatic rings. The Labute approximate surface area is 185 Å². The lowest BCUT2D eigenvalue weighted by molar-refractivity contribution is -0.132. The van der Waals surface area contributed by atoms with Crippen LogP contribution in [0.3, 0.4) is 0 Å². The second-order valence-electron chi connectivity index (χ2n) is 8.45. The second kappa shape index (κ2) is 8.83. The largest absolute Gasteiger partial charge is 0.341 e. The van der Waals surface area contributed by atoms with E-state index in [-0.39, 0.29) is 17.2 Å². The first kappa shape index (κ1) is 21.6. The van der Waals surface area contributed by atoms with Gasteiger partial charge in [0.05, 0.1) is 21.8 Å². The van der Waals surface area contributed by atoms with Crippen molar-refractivity contribution < 1.29 is 9.18 Å². The lowest BCUT2D eigenvalue weighted by Crippen LogP contribution is -2.45. The standard InChI is InChI=1S/C24H26FN3O2S/c1-15-12-16(2)14-27(13-15)22(29)17(3)31-24-26-20-10-6-4-8-18(20)23(30)28(24)21-11-7-5-9-19(21)25/h4-11,15-17H,12-14H2,1-3H3. The zero-order valence-electron chi connectivity index (χ0n) is 17.9. The maximum Gasteiger partial charge on any atom is 0.266 e. The van der Waals surface area contributed by atoms with Crippen LogP contribution in [0.15, 0.2) is 58.5 Å². The number of rotatable bonds is 4. The Hall–Kier alpha value is -2.67. The van der Waals surface area contributed by atoms with Crippen molar-refractivity contribution in [3.05, 3.63) is 64.7 Å². The van der Waals surface area contributed by atoms with Gasteiger partial charge in [-0.15, -0.1) is 0 Å². The van der Waals surface area contributed by atoms with Crippen LogP contribution < -0.4 is 5.56 Å². The van der Waals surface area contributed by atoms with E-state index >= 15 is 0 Å². The fraction of sp³-hybridized carbons (Fsp3) is 0.375. The number of carbonyl (C=O) groups excluding carboxylic acids is 1. The Morgan fingerprint density at radius 1 is 1.10 bits per heavy atom. The van der Waals surface area contributed by atoms with Crippen molar-refractivity contribution in [1.29, 1.82) is 0 Å². The fourth-order valence-corrected chi connectivity index (χ4v) is 5.35.